The minimum absolute atomic E-state index is 0.760. The molecule has 0 aliphatic carbocycles. The molecule has 0 radical (unpaired) electrons. The standard InChI is InChI=1S/C15H23N5/c1-5-16-8-6-7-13-11(2)18-15(19-12(13)3)14-9-17-10-20(14)4/h9-10,16H,5-8H2,1-4H3. The smallest absolute Gasteiger partial charge is 0.178 e. The van der Waals surface area contributed by atoms with Crippen molar-refractivity contribution in [1.82, 2.24) is 24.8 Å². The quantitative estimate of drug-likeness (QED) is 0.818. The van der Waals surface area contributed by atoms with Gasteiger partial charge in [0.15, 0.2) is 5.82 Å². The molecule has 5 nitrogen and oxygen atoms in total. The van der Waals surface area contributed by atoms with Gasteiger partial charge in [-0.3, -0.25) is 0 Å². The van der Waals surface area contributed by atoms with E-state index in [1.165, 1.54) is 5.56 Å². The Labute approximate surface area is 120 Å². The topological polar surface area (TPSA) is 55.6 Å². The fourth-order valence-electron chi connectivity index (χ4n) is 2.36. The molecular formula is C15H23N5. The molecule has 0 aliphatic rings. The molecule has 2 aromatic rings. The van der Waals surface area contributed by atoms with Gasteiger partial charge in [0, 0.05) is 18.4 Å². The van der Waals surface area contributed by atoms with Gasteiger partial charge in [-0.15, -0.1) is 0 Å². The molecule has 0 atom stereocenters. The van der Waals surface area contributed by atoms with Gasteiger partial charge in [0.05, 0.1) is 12.5 Å². The van der Waals surface area contributed by atoms with E-state index in [0.29, 0.717) is 0 Å². The lowest BCUT2D eigenvalue weighted by Crippen LogP contribution is -2.15. The largest absolute Gasteiger partial charge is 0.331 e. The molecule has 2 heterocycles. The predicted molar refractivity (Wildman–Crippen MR) is 80.6 cm³/mol. The van der Waals surface area contributed by atoms with Crippen molar-refractivity contribution in [3.05, 3.63) is 29.5 Å². The monoisotopic (exact) mass is 273 g/mol. The van der Waals surface area contributed by atoms with Crippen LogP contribution in [-0.4, -0.2) is 32.6 Å². The summed E-state index contributed by atoms with van der Waals surface area (Å²) >= 11 is 0. The van der Waals surface area contributed by atoms with Crippen LogP contribution in [0.15, 0.2) is 12.5 Å². The van der Waals surface area contributed by atoms with Crippen molar-refractivity contribution in [2.75, 3.05) is 13.1 Å². The van der Waals surface area contributed by atoms with Gasteiger partial charge in [-0.1, -0.05) is 6.92 Å². The van der Waals surface area contributed by atoms with Crippen LogP contribution in [0.4, 0.5) is 0 Å². The van der Waals surface area contributed by atoms with Crippen LogP contribution in [0.3, 0.4) is 0 Å². The van der Waals surface area contributed by atoms with Crippen LogP contribution in [0.5, 0.6) is 0 Å². The number of hydrogen-bond donors (Lipinski definition) is 1. The molecule has 0 aliphatic heterocycles. The van der Waals surface area contributed by atoms with E-state index in [1.54, 1.807) is 12.5 Å². The van der Waals surface area contributed by atoms with Crippen molar-refractivity contribution in [2.24, 2.45) is 7.05 Å². The van der Waals surface area contributed by atoms with Crippen LogP contribution in [0.2, 0.25) is 0 Å². The predicted octanol–water partition coefficient (Wildman–Crippen LogP) is 2.04. The fraction of sp³-hybridized carbons (Fsp3) is 0.533. The number of hydrogen-bond acceptors (Lipinski definition) is 4. The summed E-state index contributed by atoms with van der Waals surface area (Å²) in [6.07, 6.45) is 5.72. The number of nitrogens with zero attached hydrogens (tertiary/aromatic N) is 4. The van der Waals surface area contributed by atoms with Gasteiger partial charge in [-0.25, -0.2) is 15.0 Å². The average Bonchev–Trinajstić information content (AvgIpc) is 2.83. The van der Waals surface area contributed by atoms with E-state index in [-0.39, 0.29) is 0 Å². The van der Waals surface area contributed by atoms with Crippen LogP contribution in [-0.2, 0) is 13.5 Å². The van der Waals surface area contributed by atoms with Crippen LogP contribution < -0.4 is 5.32 Å². The number of imidazole rings is 1. The zero-order chi connectivity index (χ0) is 14.5. The first-order valence-corrected chi connectivity index (χ1v) is 7.15. The SMILES string of the molecule is CCNCCCc1c(C)nc(-c2cncn2C)nc1C. The Morgan fingerprint density at radius 2 is 1.90 bits per heavy atom. The van der Waals surface area contributed by atoms with Gasteiger partial charge in [0.1, 0.15) is 5.69 Å². The summed E-state index contributed by atoms with van der Waals surface area (Å²) in [6, 6.07) is 0. The molecule has 1 N–H and O–H groups in total. The first-order chi connectivity index (χ1) is 9.63. The molecule has 108 valence electrons. The molecule has 2 aromatic heterocycles. The highest BCUT2D eigenvalue weighted by atomic mass is 15.1. The van der Waals surface area contributed by atoms with Crippen LogP contribution in [0.25, 0.3) is 11.5 Å². The Bertz CT molecular complexity index is 550. The van der Waals surface area contributed by atoms with Crippen molar-refractivity contribution >= 4 is 0 Å². The zero-order valence-electron chi connectivity index (χ0n) is 12.8. The van der Waals surface area contributed by atoms with E-state index in [0.717, 1.165) is 48.8 Å². The van der Waals surface area contributed by atoms with Crippen LogP contribution in [0, 0.1) is 13.8 Å². The van der Waals surface area contributed by atoms with E-state index in [2.05, 4.69) is 41.0 Å². The average molecular weight is 273 g/mol. The molecule has 0 aromatic carbocycles. The van der Waals surface area contributed by atoms with E-state index in [9.17, 15) is 0 Å². The van der Waals surface area contributed by atoms with E-state index in [4.69, 9.17) is 0 Å². The van der Waals surface area contributed by atoms with E-state index < -0.39 is 0 Å². The first-order valence-electron chi connectivity index (χ1n) is 7.15. The maximum atomic E-state index is 4.64. The molecule has 20 heavy (non-hydrogen) atoms. The number of aromatic nitrogens is 4. The normalized spacial score (nSPS) is 11.0. The highest BCUT2D eigenvalue weighted by Gasteiger charge is 2.11. The lowest BCUT2D eigenvalue weighted by molar-refractivity contribution is 0.667. The summed E-state index contributed by atoms with van der Waals surface area (Å²) in [5.41, 5.74) is 4.37. The van der Waals surface area contributed by atoms with E-state index in [1.807, 2.05) is 11.6 Å². The second kappa shape index (κ2) is 6.61. The molecular weight excluding hydrogens is 250 g/mol. The molecule has 0 saturated carbocycles. The summed E-state index contributed by atoms with van der Waals surface area (Å²) in [5, 5.41) is 3.35. The summed E-state index contributed by atoms with van der Waals surface area (Å²) < 4.78 is 1.94. The minimum Gasteiger partial charge on any atom is -0.331 e. The van der Waals surface area contributed by atoms with Gasteiger partial charge in [-0.05, 0) is 45.3 Å². The summed E-state index contributed by atoms with van der Waals surface area (Å²) in [6.45, 7) is 8.32. The van der Waals surface area contributed by atoms with Crippen molar-refractivity contribution in [3.63, 3.8) is 0 Å². The summed E-state index contributed by atoms with van der Waals surface area (Å²) in [5.74, 6) is 0.760. The molecule has 0 amide bonds. The molecule has 5 heteroatoms. The Morgan fingerprint density at radius 1 is 1.20 bits per heavy atom. The molecule has 0 unspecified atom stereocenters. The molecule has 2 rings (SSSR count). The molecule has 0 fully saturated rings. The third-order valence-electron chi connectivity index (χ3n) is 3.50. The van der Waals surface area contributed by atoms with Gasteiger partial charge < -0.3 is 9.88 Å². The highest BCUT2D eigenvalue weighted by molar-refractivity contribution is 5.49. The third-order valence-corrected chi connectivity index (χ3v) is 3.50. The first kappa shape index (κ1) is 14.7. The van der Waals surface area contributed by atoms with Crippen LogP contribution in [0.1, 0.15) is 30.3 Å². The van der Waals surface area contributed by atoms with Gasteiger partial charge >= 0.3 is 0 Å². The van der Waals surface area contributed by atoms with E-state index >= 15 is 0 Å². The Balaban J connectivity index is 2.19. The Kier molecular flexibility index (Phi) is 4.84. The number of rotatable bonds is 6. The van der Waals surface area contributed by atoms with Gasteiger partial charge in [0.25, 0.3) is 0 Å². The Hall–Kier alpha value is -1.75. The summed E-state index contributed by atoms with van der Waals surface area (Å²) in [4.78, 5) is 13.4. The maximum absolute atomic E-state index is 4.64. The van der Waals surface area contributed by atoms with Crippen molar-refractivity contribution < 1.29 is 0 Å². The van der Waals surface area contributed by atoms with Gasteiger partial charge in [0.2, 0.25) is 0 Å². The number of aryl methyl sites for hydroxylation is 3. The van der Waals surface area contributed by atoms with Crippen molar-refractivity contribution in [2.45, 2.75) is 33.6 Å². The molecule has 0 bridgehead atoms. The van der Waals surface area contributed by atoms with Crippen molar-refractivity contribution in [1.29, 1.82) is 0 Å². The molecule has 0 saturated heterocycles. The third kappa shape index (κ3) is 3.22. The number of nitrogens with one attached hydrogen (secondary N) is 1. The highest BCUT2D eigenvalue weighted by Crippen LogP contribution is 2.18. The lowest BCUT2D eigenvalue weighted by Gasteiger charge is -2.11. The Morgan fingerprint density at radius 3 is 2.45 bits per heavy atom. The second-order valence-corrected chi connectivity index (χ2v) is 5.04. The molecule has 0 spiro atoms. The fourth-order valence-corrected chi connectivity index (χ4v) is 2.36. The lowest BCUT2D eigenvalue weighted by atomic mass is 10.1. The maximum Gasteiger partial charge on any atom is 0.178 e. The zero-order valence-corrected chi connectivity index (χ0v) is 12.8. The summed E-state index contributed by atoms with van der Waals surface area (Å²) in [7, 11) is 1.96. The van der Waals surface area contributed by atoms with Gasteiger partial charge in [-0.2, -0.15) is 0 Å². The second-order valence-electron chi connectivity index (χ2n) is 5.04. The minimum atomic E-state index is 0.760. The van der Waals surface area contributed by atoms with Crippen molar-refractivity contribution in [3.8, 4) is 11.5 Å². The van der Waals surface area contributed by atoms with Crippen LogP contribution >= 0.6 is 0 Å².